The lowest BCUT2D eigenvalue weighted by atomic mass is 10.1. The summed E-state index contributed by atoms with van der Waals surface area (Å²) in [7, 11) is 1.79. The maximum atomic E-state index is 12.9. The molecule has 0 aliphatic carbocycles. The fraction of sp³-hybridized carbons (Fsp3) is 0.421. The summed E-state index contributed by atoms with van der Waals surface area (Å²) >= 11 is 0. The second-order valence-electron chi connectivity index (χ2n) is 6.10. The number of hydrogen-bond acceptors (Lipinski definition) is 4. The van der Waals surface area contributed by atoms with Crippen molar-refractivity contribution in [1.29, 1.82) is 0 Å². The highest BCUT2D eigenvalue weighted by atomic mass is 19.1. The SMILES string of the molecule is CCCCN(C)C(=O)c1cc(C)nc(NCCc2ccc(F)cc2)n1. The van der Waals surface area contributed by atoms with Gasteiger partial charge in [-0.3, -0.25) is 4.79 Å². The lowest BCUT2D eigenvalue weighted by molar-refractivity contribution is 0.0787. The van der Waals surface area contributed by atoms with Gasteiger partial charge in [0.05, 0.1) is 0 Å². The molecular formula is C19H25FN4O. The zero-order chi connectivity index (χ0) is 18.2. The molecule has 0 unspecified atom stereocenters. The largest absolute Gasteiger partial charge is 0.354 e. The van der Waals surface area contributed by atoms with Gasteiger partial charge in [-0.2, -0.15) is 0 Å². The average molecular weight is 344 g/mol. The highest BCUT2D eigenvalue weighted by Gasteiger charge is 2.14. The summed E-state index contributed by atoms with van der Waals surface area (Å²) in [6.45, 7) is 5.26. The topological polar surface area (TPSA) is 58.1 Å². The van der Waals surface area contributed by atoms with Crippen LogP contribution in [-0.2, 0) is 6.42 Å². The molecule has 0 fully saturated rings. The van der Waals surface area contributed by atoms with Gasteiger partial charge >= 0.3 is 0 Å². The van der Waals surface area contributed by atoms with E-state index in [1.54, 1.807) is 30.1 Å². The zero-order valence-corrected chi connectivity index (χ0v) is 15.1. The fourth-order valence-corrected chi connectivity index (χ4v) is 2.42. The van der Waals surface area contributed by atoms with Crippen LogP contribution in [0.5, 0.6) is 0 Å². The van der Waals surface area contributed by atoms with Gasteiger partial charge in [0.2, 0.25) is 5.95 Å². The van der Waals surface area contributed by atoms with Crippen molar-refractivity contribution in [2.24, 2.45) is 0 Å². The molecule has 0 spiro atoms. The smallest absolute Gasteiger partial charge is 0.272 e. The molecule has 134 valence electrons. The van der Waals surface area contributed by atoms with Crippen molar-refractivity contribution in [3.05, 3.63) is 53.1 Å². The Morgan fingerprint density at radius 3 is 2.64 bits per heavy atom. The molecule has 0 bridgehead atoms. The van der Waals surface area contributed by atoms with E-state index in [0.717, 1.165) is 30.5 Å². The number of rotatable bonds is 8. The number of halogens is 1. The highest BCUT2D eigenvalue weighted by molar-refractivity contribution is 5.92. The first-order valence-corrected chi connectivity index (χ1v) is 8.59. The van der Waals surface area contributed by atoms with Gasteiger partial charge < -0.3 is 10.2 Å². The van der Waals surface area contributed by atoms with E-state index in [-0.39, 0.29) is 11.7 Å². The molecule has 6 heteroatoms. The number of amides is 1. The van der Waals surface area contributed by atoms with Crippen molar-refractivity contribution in [3.8, 4) is 0 Å². The number of nitrogens with one attached hydrogen (secondary N) is 1. The van der Waals surface area contributed by atoms with Gasteiger partial charge in [0.15, 0.2) is 0 Å². The first-order valence-electron chi connectivity index (χ1n) is 8.59. The predicted molar refractivity (Wildman–Crippen MR) is 97.2 cm³/mol. The standard InChI is InChI=1S/C19H25FN4O/c1-4-5-12-24(3)18(25)17-13-14(2)22-19(23-17)21-11-10-15-6-8-16(20)9-7-15/h6-9,13H,4-5,10-12H2,1-3H3,(H,21,22,23). The second kappa shape index (κ2) is 9.11. The van der Waals surface area contributed by atoms with Crippen molar-refractivity contribution in [1.82, 2.24) is 14.9 Å². The van der Waals surface area contributed by atoms with Gasteiger partial charge in [-0.05, 0) is 43.5 Å². The number of unbranched alkanes of at least 4 members (excludes halogenated alkanes) is 1. The molecule has 0 aliphatic rings. The molecule has 1 heterocycles. The number of anilines is 1. The molecule has 25 heavy (non-hydrogen) atoms. The Morgan fingerprint density at radius 1 is 1.24 bits per heavy atom. The Hall–Kier alpha value is -2.50. The summed E-state index contributed by atoms with van der Waals surface area (Å²) in [4.78, 5) is 22.8. The Labute approximate surface area is 148 Å². The van der Waals surface area contributed by atoms with Crippen LogP contribution in [0.4, 0.5) is 10.3 Å². The number of aromatic nitrogens is 2. The minimum Gasteiger partial charge on any atom is -0.354 e. The molecule has 0 aliphatic heterocycles. The predicted octanol–water partition coefficient (Wildman–Crippen LogP) is 3.45. The first-order chi connectivity index (χ1) is 12.0. The Morgan fingerprint density at radius 2 is 1.96 bits per heavy atom. The van der Waals surface area contributed by atoms with E-state index >= 15 is 0 Å². The van der Waals surface area contributed by atoms with Crippen LogP contribution >= 0.6 is 0 Å². The van der Waals surface area contributed by atoms with Crippen molar-refractivity contribution in [3.63, 3.8) is 0 Å². The maximum absolute atomic E-state index is 12.9. The summed E-state index contributed by atoms with van der Waals surface area (Å²) in [6.07, 6.45) is 2.73. The summed E-state index contributed by atoms with van der Waals surface area (Å²) in [6, 6.07) is 8.11. The van der Waals surface area contributed by atoms with E-state index in [0.29, 0.717) is 24.7 Å². The fourth-order valence-electron chi connectivity index (χ4n) is 2.42. The Kier molecular flexibility index (Phi) is 6.86. The van der Waals surface area contributed by atoms with Gasteiger partial charge in [-0.25, -0.2) is 14.4 Å². The average Bonchev–Trinajstić information content (AvgIpc) is 2.60. The van der Waals surface area contributed by atoms with Gasteiger partial charge in [0.25, 0.3) is 5.91 Å². The van der Waals surface area contributed by atoms with Crippen LogP contribution in [0.1, 0.15) is 41.5 Å². The number of carbonyl (C=O) groups excluding carboxylic acids is 1. The van der Waals surface area contributed by atoms with E-state index in [2.05, 4.69) is 22.2 Å². The van der Waals surface area contributed by atoms with Crippen molar-refractivity contribution in [2.75, 3.05) is 25.5 Å². The summed E-state index contributed by atoms with van der Waals surface area (Å²) in [5.74, 6) is 0.101. The molecule has 1 amide bonds. The third-order valence-electron chi connectivity index (χ3n) is 3.88. The lowest BCUT2D eigenvalue weighted by Crippen LogP contribution is -2.29. The molecule has 0 radical (unpaired) electrons. The number of aryl methyl sites for hydroxylation is 1. The van der Waals surface area contributed by atoms with Crippen LogP contribution in [0.25, 0.3) is 0 Å². The molecule has 1 aromatic carbocycles. The van der Waals surface area contributed by atoms with E-state index in [4.69, 9.17) is 0 Å². The van der Waals surface area contributed by atoms with Gasteiger partial charge in [0, 0.05) is 25.8 Å². The Bertz CT molecular complexity index is 703. The van der Waals surface area contributed by atoms with E-state index in [1.807, 2.05) is 6.92 Å². The molecular weight excluding hydrogens is 319 g/mol. The van der Waals surface area contributed by atoms with Crippen LogP contribution in [-0.4, -0.2) is 40.9 Å². The van der Waals surface area contributed by atoms with Gasteiger partial charge in [-0.15, -0.1) is 0 Å². The summed E-state index contributed by atoms with van der Waals surface area (Å²) < 4.78 is 12.9. The highest BCUT2D eigenvalue weighted by Crippen LogP contribution is 2.09. The molecule has 1 aromatic heterocycles. The molecule has 0 saturated carbocycles. The van der Waals surface area contributed by atoms with Crippen LogP contribution in [0.15, 0.2) is 30.3 Å². The molecule has 2 aromatic rings. The molecule has 0 saturated heterocycles. The molecule has 2 rings (SSSR count). The zero-order valence-electron chi connectivity index (χ0n) is 15.1. The molecule has 1 N–H and O–H groups in total. The normalized spacial score (nSPS) is 10.6. The minimum absolute atomic E-state index is 0.0967. The lowest BCUT2D eigenvalue weighted by Gasteiger charge is -2.17. The summed E-state index contributed by atoms with van der Waals surface area (Å²) in [5.41, 5.74) is 2.17. The molecule has 5 nitrogen and oxygen atoms in total. The number of carbonyl (C=O) groups is 1. The second-order valence-corrected chi connectivity index (χ2v) is 6.10. The summed E-state index contributed by atoms with van der Waals surface area (Å²) in [5, 5.41) is 3.14. The Balaban J connectivity index is 1.98. The first kappa shape index (κ1) is 18.8. The van der Waals surface area contributed by atoms with Crippen molar-refractivity contribution < 1.29 is 9.18 Å². The molecule has 0 atom stereocenters. The van der Waals surface area contributed by atoms with Crippen molar-refractivity contribution >= 4 is 11.9 Å². The van der Waals surface area contributed by atoms with E-state index < -0.39 is 0 Å². The van der Waals surface area contributed by atoms with Crippen LogP contribution in [0.2, 0.25) is 0 Å². The number of hydrogen-bond donors (Lipinski definition) is 1. The van der Waals surface area contributed by atoms with E-state index in [9.17, 15) is 9.18 Å². The van der Waals surface area contributed by atoms with Gasteiger partial charge in [-0.1, -0.05) is 25.5 Å². The number of benzene rings is 1. The third kappa shape index (κ3) is 5.81. The van der Waals surface area contributed by atoms with Crippen LogP contribution in [0, 0.1) is 12.7 Å². The van der Waals surface area contributed by atoms with Crippen molar-refractivity contribution in [2.45, 2.75) is 33.1 Å². The minimum atomic E-state index is -0.242. The van der Waals surface area contributed by atoms with Gasteiger partial charge in [0.1, 0.15) is 11.5 Å². The van der Waals surface area contributed by atoms with Crippen LogP contribution < -0.4 is 5.32 Å². The monoisotopic (exact) mass is 344 g/mol. The third-order valence-corrected chi connectivity index (χ3v) is 3.88. The van der Waals surface area contributed by atoms with E-state index in [1.165, 1.54) is 12.1 Å². The quantitative estimate of drug-likeness (QED) is 0.797. The van der Waals surface area contributed by atoms with Crippen LogP contribution in [0.3, 0.4) is 0 Å². The maximum Gasteiger partial charge on any atom is 0.272 e. The number of nitrogens with zero attached hydrogens (tertiary/aromatic N) is 3.